The predicted octanol–water partition coefficient (Wildman–Crippen LogP) is 2.75. The molecular formula is C16H15NO2. The molecule has 96 valence electrons. The lowest BCUT2D eigenvalue weighted by molar-refractivity contribution is -0.121. The van der Waals surface area contributed by atoms with Crippen LogP contribution >= 0.6 is 0 Å². The van der Waals surface area contributed by atoms with Crippen molar-refractivity contribution in [3.8, 4) is 0 Å². The molecule has 0 spiro atoms. The highest BCUT2D eigenvalue weighted by Gasteiger charge is 2.17. The molecule has 19 heavy (non-hydrogen) atoms. The van der Waals surface area contributed by atoms with E-state index in [0.29, 0.717) is 5.56 Å². The first kappa shape index (κ1) is 13.0. The zero-order valence-corrected chi connectivity index (χ0v) is 10.7. The molecule has 0 aliphatic heterocycles. The average molecular weight is 253 g/mol. The van der Waals surface area contributed by atoms with Gasteiger partial charge >= 0.3 is 0 Å². The molecule has 2 aromatic rings. The molecule has 2 aromatic carbocycles. The molecule has 0 saturated heterocycles. The monoisotopic (exact) mass is 253 g/mol. The Labute approximate surface area is 112 Å². The molecule has 0 aromatic heterocycles. The number of imide groups is 1. The maximum absolute atomic E-state index is 12.0. The van der Waals surface area contributed by atoms with Gasteiger partial charge in [-0.2, -0.15) is 0 Å². The van der Waals surface area contributed by atoms with Crippen LogP contribution in [0.15, 0.2) is 60.7 Å². The lowest BCUT2D eigenvalue weighted by Gasteiger charge is -2.11. The minimum atomic E-state index is -0.367. The van der Waals surface area contributed by atoms with Crippen LogP contribution in [-0.4, -0.2) is 11.8 Å². The number of carbonyl (C=O) groups is 2. The summed E-state index contributed by atoms with van der Waals surface area (Å²) in [5.41, 5.74) is 1.37. The minimum Gasteiger partial charge on any atom is -0.292 e. The van der Waals surface area contributed by atoms with Crippen molar-refractivity contribution < 1.29 is 9.59 Å². The highest BCUT2D eigenvalue weighted by Crippen LogP contribution is 2.14. The Morgan fingerprint density at radius 1 is 0.895 bits per heavy atom. The summed E-state index contributed by atoms with van der Waals surface area (Å²) in [5.74, 6) is -1.01. The van der Waals surface area contributed by atoms with Crippen molar-refractivity contribution in [1.29, 1.82) is 0 Å². The molecule has 1 N–H and O–H groups in total. The lowest BCUT2D eigenvalue weighted by Crippen LogP contribution is -2.33. The summed E-state index contributed by atoms with van der Waals surface area (Å²) in [5, 5.41) is 2.42. The summed E-state index contributed by atoms with van der Waals surface area (Å²) in [6.45, 7) is 1.78. The van der Waals surface area contributed by atoms with Crippen LogP contribution in [0.2, 0.25) is 0 Å². The summed E-state index contributed by atoms with van der Waals surface area (Å²) in [6, 6.07) is 18.1. The van der Waals surface area contributed by atoms with E-state index in [1.807, 2.05) is 36.4 Å². The van der Waals surface area contributed by atoms with E-state index in [2.05, 4.69) is 5.32 Å². The Balaban J connectivity index is 2.04. The van der Waals surface area contributed by atoms with E-state index in [-0.39, 0.29) is 17.7 Å². The van der Waals surface area contributed by atoms with Gasteiger partial charge in [-0.3, -0.25) is 14.9 Å². The number of carbonyl (C=O) groups excluding carboxylic acids is 2. The molecule has 0 aliphatic carbocycles. The largest absolute Gasteiger partial charge is 0.292 e. The first-order valence-corrected chi connectivity index (χ1v) is 6.13. The summed E-state index contributed by atoms with van der Waals surface area (Å²) in [4.78, 5) is 23.9. The van der Waals surface area contributed by atoms with E-state index in [4.69, 9.17) is 0 Å². The van der Waals surface area contributed by atoms with Gasteiger partial charge in [0.15, 0.2) is 0 Å². The maximum atomic E-state index is 12.0. The fourth-order valence-corrected chi connectivity index (χ4v) is 1.77. The third-order valence-corrected chi connectivity index (χ3v) is 2.97. The van der Waals surface area contributed by atoms with E-state index < -0.39 is 0 Å². The standard InChI is InChI=1S/C16H15NO2/c1-12(13-8-4-2-5-9-13)15(18)17-16(19)14-10-6-3-7-11-14/h2-12H,1H3,(H,17,18,19). The molecule has 3 heteroatoms. The molecule has 0 radical (unpaired) electrons. The molecule has 2 amide bonds. The van der Waals surface area contributed by atoms with Crippen LogP contribution in [0, 0.1) is 0 Å². The number of rotatable bonds is 3. The highest BCUT2D eigenvalue weighted by molar-refractivity contribution is 6.06. The Morgan fingerprint density at radius 3 is 2.00 bits per heavy atom. The van der Waals surface area contributed by atoms with Crippen molar-refractivity contribution in [1.82, 2.24) is 5.32 Å². The molecule has 0 bridgehead atoms. The fourth-order valence-electron chi connectivity index (χ4n) is 1.77. The van der Waals surface area contributed by atoms with Crippen molar-refractivity contribution in [3.05, 3.63) is 71.8 Å². The number of hydrogen-bond acceptors (Lipinski definition) is 2. The molecule has 3 nitrogen and oxygen atoms in total. The summed E-state index contributed by atoms with van der Waals surface area (Å²) >= 11 is 0. The third-order valence-electron chi connectivity index (χ3n) is 2.97. The number of amides is 2. The van der Waals surface area contributed by atoms with Crippen molar-refractivity contribution in [2.45, 2.75) is 12.8 Å². The van der Waals surface area contributed by atoms with Crippen LogP contribution in [0.1, 0.15) is 28.8 Å². The van der Waals surface area contributed by atoms with Gasteiger partial charge in [0, 0.05) is 5.56 Å². The van der Waals surface area contributed by atoms with Gasteiger partial charge < -0.3 is 0 Å². The van der Waals surface area contributed by atoms with Crippen LogP contribution in [-0.2, 0) is 4.79 Å². The smallest absolute Gasteiger partial charge is 0.257 e. The Kier molecular flexibility index (Phi) is 4.08. The maximum Gasteiger partial charge on any atom is 0.257 e. The second-order valence-electron chi connectivity index (χ2n) is 4.32. The first-order chi connectivity index (χ1) is 9.18. The van der Waals surface area contributed by atoms with E-state index in [9.17, 15) is 9.59 Å². The molecule has 0 heterocycles. The second-order valence-corrected chi connectivity index (χ2v) is 4.32. The number of hydrogen-bond donors (Lipinski definition) is 1. The van der Waals surface area contributed by atoms with Gasteiger partial charge in [-0.05, 0) is 24.6 Å². The SMILES string of the molecule is CC(C(=O)NC(=O)c1ccccc1)c1ccccc1. The van der Waals surface area contributed by atoms with Gasteiger partial charge in [-0.25, -0.2) is 0 Å². The molecule has 2 rings (SSSR count). The van der Waals surface area contributed by atoms with Crippen molar-refractivity contribution in [2.24, 2.45) is 0 Å². The van der Waals surface area contributed by atoms with Gasteiger partial charge in [0.1, 0.15) is 0 Å². The molecule has 0 saturated carbocycles. The van der Waals surface area contributed by atoms with E-state index in [0.717, 1.165) is 5.56 Å². The van der Waals surface area contributed by atoms with E-state index in [1.165, 1.54) is 0 Å². The van der Waals surface area contributed by atoms with Crippen molar-refractivity contribution in [2.75, 3.05) is 0 Å². The quantitative estimate of drug-likeness (QED) is 0.914. The van der Waals surface area contributed by atoms with Crippen molar-refractivity contribution >= 4 is 11.8 Å². The van der Waals surface area contributed by atoms with Gasteiger partial charge in [0.2, 0.25) is 5.91 Å². The molecule has 0 aliphatic rings. The zero-order valence-electron chi connectivity index (χ0n) is 10.7. The number of benzene rings is 2. The van der Waals surface area contributed by atoms with Gasteiger partial charge in [0.05, 0.1) is 5.92 Å². The average Bonchev–Trinajstić information content (AvgIpc) is 2.48. The molecule has 0 fully saturated rings. The Morgan fingerprint density at radius 2 is 1.42 bits per heavy atom. The van der Waals surface area contributed by atoms with Gasteiger partial charge in [-0.1, -0.05) is 48.5 Å². The summed E-state index contributed by atoms with van der Waals surface area (Å²) in [6.07, 6.45) is 0. The summed E-state index contributed by atoms with van der Waals surface area (Å²) in [7, 11) is 0. The van der Waals surface area contributed by atoms with Crippen LogP contribution in [0.3, 0.4) is 0 Å². The zero-order chi connectivity index (χ0) is 13.7. The predicted molar refractivity (Wildman–Crippen MR) is 73.8 cm³/mol. The molecule has 1 unspecified atom stereocenters. The topological polar surface area (TPSA) is 46.2 Å². The first-order valence-electron chi connectivity index (χ1n) is 6.13. The van der Waals surface area contributed by atoms with Crippen LogP contribution < -0.4 is 5.32 Å². The van der Waals surface area contributed by atoms with E-state index in [1.54, 1.807) is 31.2 Å². The number of nitrogens with one attached hydrogen (secondary N) is 1. The Bertz CT molecular complexity index is 564. The summed E-state index contributed by atoms with van der Waals surface area (Å²) < 4.78 is 0. The minimum absolute atomic E-state index is 0.292. The second kappa shape index (κ2) is 5.96. The molecule has 1 atom stereocenters. The van der Waals surface area contributed by atoms with Gasteiger partial charge in [-0.15, -0.1) is 0 Å². The fraction of sp³-hybridized carbons (Fsp3) is 0.125. The van der Waals surface area contributed by atoms with Crippen molar-refractivity contribution in [3.63, 3.8) is 0 Å². The normalized spacial score (nSPS) is 11.6. The van der Waals surface area contributed by atoms with Crippen LogP contribution in [0.25, 0.3) is 0 Å². The lowest BCUT2D eigenvalue weighted by atomic mass is 10.0. The van der Waals surface area contributed by atoms with Gasteiger partial charge in [0.25, 0.3) is 5.91 Å². The van der Waals surface area contributed by atoms with E-state index >= 15 is 0 Å². The Hall–Kier alpha value is -2.42. The third kappa shape index (κ3) is 3.28. The highest BCUT2D eigenvalue weighted by atomic mass is 16.2. The van der Waals surface area contributed by atoms with Crippen LogP contribution in [0.4, 0.5) is 0 Å². The molecular weight excluding hydrogens is 238 g/mol. The van der Waals surface area contributed by atoms with Crippen LogP contribution in [0.5, 0.6) is 0 Å².